The highest BCUT2D eigenvalue weighted by Crippen LogP contribution is 2.34. The Labute approximate surface area is 185 Å². The minimum atomic E-state index is -0.476. The number of nitrogens with zero attached hydrogens (tertiary/aromatic N) is 2. The van der Waals surface area contributed by atoms with Crippen molar-refractivity contribution in [3.8, 4) is 5.88 Å². The molecule has 0 radical (unpaired) electrons. The first-order valence-electron chi connectivity index (χ1n) is 9.57. The van der Waals surface area contributed by atoms with Crippen LogP contribution in [0.2, 0.25) is 0 Å². The van der Waals surface area contributed by atoms with Crippen LogP contribution in [0.25, 0.3) is 10.8 Å². The fourth-order valence-electron chi connectivity index (χ4n) is 3.50. The standard InChI is InChI=1S/C23H18BrF2N3O2/c24-15-6-10-20(27-12-15)28-21(30)11-9-19-22-17(2-1-3-18(22)26)23(31)29(19)13-14-4-7-16(25)8-5-14/h1-8,10,12,31H,9,11,13H2,(H,27,28,30). The molecule has 4 aromatic rings. The number of hydrogen-bond acceptors (Lipinski definition) is 3. The number of hydrogen-bond donors (Lipinski definition) is 2. The van der Waals surface area contributed by atoms with E-state index in [-0.39, 0.29) is 42.4 Å². The van der Waals surface area contributed by atoms with Crippen LogP contribution in [0.5, 0.6) is 5.88 Å². The van der Waals surface area contributed by atoms with E-state index < -0.39 is 5.82 Å². The second-order valence-corrected chi connectivity index (χ2v) is 7.97. The molecular formula is C23H18BrF2N3O2. The number of carbonyl (C=O) groups is 1. The van der Waals surface area contributed by atoms with Crippen LogP contribution >= 0.6 is 15.9 Å². The van der Waals surface area contributed by atoms with Gasteiger partial charge in [-0.15, -0.1) is 0 Å². The zero-order valence-corrected chi connectivity index (χ0v) is 17.9. The van der Waals surface area contributed by atoms with Gasteiger partial charge in [0.25, 0.3) is 0 Å². The highest BCUT2D eigenvalue weighted by atomic mass is 79.9. The largest absolute Gasteiger partial charge is 0.494 e. The Balaban J connectivity index is 1.62. The van der Waals surface area contributed by atoms with E-state index in [1.807, 2.05) is 0 Å². The highest BCUT2D eigenvalue weighted by Gasteiger charge is 2.20. The Morgan fingerprint density at radius 2 is 1.87 bits per heavy atom. The quantitative estimate of drug-likeness (QED) is 0.384. The minimum absolute atomic E-state index is 0.0635. The normalized spacial score (nSPS) is 11.1. The van der Waals surface area contributed by atoms with Gasteiger partial charge in [0.2, 0.25) is 5.91 Å². The molecule has 0 saturated carbocycles. The average molecular weight is 486 g/mol. The summed E-state index contributed by atoms with van der Waals surface area (Å²) in [6, 6.07) is 13.8. The molecule has 2 aromatic carbocycles. The van der Waals surface area contributed by atoms with E-state index in [9.17, 15) is 18.7 Å². The first kappa shape index (κ1) is 21.0. The topological polar surface area (TPSA) is 67.2 Å². The summed E-state index contributed by atoms with van der Waals surface area (Å²) in [4.78, 5) is 16.5. The van der Waals surface area contributed by atoms with Crippen LogP contribution in [0, 0.1) is 11.6 Å². The summed E-state index contributed by atoms with van der Waals surface area (Å²) in [7, 11) is 0. The molecule has 158 valence electrons. The molecule has 0 atom stereocenters. The SMILES string of the molecule is O=C(CCc1c2c(F)cccc2c(O)n1Cc1ccc(F)cc1)Nc1ccc(Br)cn1. The molecule has 2 N–H and O–H groups in total. The number of aryl methyl sites for hydroxylation is 1. The molecule has 0 bridgehead atoms. The van der Waals surface area contributed by atoms with Gasteiger partial charge in [-0.3, -0.25) is 4.79 Å². The maximum atomic E-state index is 14.7. The number of benzene rings is 2. The molecular weight excluding hydrogens is 468 g/mol. The van der Waals surface area contributed by atoms with Gasteiger partial charge in [-0.1, -0.05) is 18.2 Å². The maximum absolute atomic E-state index is 14.7. The van der Waals surface area contributed by atoms with Crippen molar-refractivity contribution in [3.63, 3.8) is 0 Å². The summed E-state index contributed by atoms with van der Waals surface area (Å²) < 4.78 is 30.3. The number of aromatic nitrogens is 2. The van der Waals surface area contributed by atoms with Crippen LogP contribution in [0.3, 0.4) is 0 Å². The van der Waals surface area contributed by atoms with Gasteiger partial charge in [-0.05, 0) is 64.3 Å². The number of carbonyl (C=O) groups excluding carboxylic acids is 1. The van der Waals surface area contributed by atoms with Gasteiger partial charge in [0.1, 0.15) is 17.5 Å². The van der Waals surface area contributed by atoms with E-state index >= 15 is 0 Å². The first-order chi connectivity index (χ1) is 14.9. The lowest BCUT2D eigenvalue weighted by Gasteiger charge is -2.12. The van der Waals surface area contributed by atoms with Crippen LogP contribution in [0.1, 0.15) is 17.7 Å². The molecule has 0 aliphatic rings. The summed E-state index contributed by atoms with van der Waals surface area (Å²) in [5.74, 6) is -0.809. The van der Waals surface area contributed by atoms with Crippen LogP contribution in [-0.4, -0.2) is 20.6 Å². The Bertz CT molecular complexity index is 1240. The van der Waals surface area contributed by atoms with Crippen molar-refractivity contribution >= 4 is 38.4 Å². The number of rotatable bonds is 6. The molecule has 4 rings (SSSR count). The summed E-state index contributed by atoms with van der Waals surface area (Å²) in [6.45, 7) is 0.214. The first-order valence-corrected chi connectivity index (χ1v) is 10.4. The molecule has 2 aromatic heterocycles. The van der Waals surface area contributed by atoms with Gasteiger partial charge >= 0.3 is 0 Å². The lowest BCUT2D eigenvalue weighted by molar-refractivity contribution is -0.116. The molecule has 31 heavy (non-hydrogen) atoms. The van der Waals surface area contributed by atoms with Crippen molar-refractivity contribution in [2.75, 3.05) is 5.32 Å². The van der Waals surface area contributed by atoms with E-state index in [0.29, 0.717) is 16.9 Å². The van der Waals surface area contributed by atoms with Crippen LogP contribution in [-0.2, 0) is 17.8 Å². The summed E-state index contributed by atoms with van der Waals surface area (Å²) >= 11 is 3.29. The molecule has 0 spiro atoms. The van der Waals surface area contributed by atoms with Crippen LogP contribution in [0.15, 0.2) is 65.3 Å². The summed E-state index contributed by atoms with van der Waals surface area (Å²) in [5, 5.41) is 14.1. The fourth-order valence-corrected chi connectivity index (χ4v) is 3.74. The van der Waals surface area contributed by atoms with Crippen LogP contribution in [0.4, 0.5) is 14.6 Å². The second-order valence-electron chi connectivity index (χ2n) is 7.06. The average Bonchev–Trinajstić information content (AvgIpc) is 3.02. The number of halogens is 3. The van der Waals surface area contributed by atoms with Crippen molar-refractivity contribution < 1.29 is 18.7 Å². The highest BCUT2D eigenvalue weighted by molar-refractivity contribution is 9.10. The van der Waals surface area contributed by atoms with Crippen molar-refractivity contribution in [2.24, 2.45) is 0 Å². The Hall–Kier alpha value is -3.26. The molecule has 0 saturated heterocycles. The molecule has 0 aliphatic heterocycles. The van der Waals surface area contributed by atoms with Crippen molar-refractivity contribution in [1.82, 2.24) is 9.55 Å². The lowest BCUT2D eigenvalue weighted by atomic mass is 10.1. The number of fused-ring (bicyclic) bond motifs is 1. The van der Waals surface area contributed by atoms with E-state index in [4.69, 9.17) is 0 Å². The Morgan fingerprint density at radius 3 is 2.58 bits per heavy atom. The van der Waals surface area contributed by atoms with Gasteiger partial charge < -0.3 is 15.0 Å². The predicted molar refractivity (Wildman–Crippen MR) is 118 cm³/mol. The molecule has 8 heteroatoms. The van der Waals surface area contributed by atoms with Crippen molar-refractivity contribution in [2.45, 2.75) is 19.4 Å². The molecule has 0 fully saturated rings. The molecule has 2 heterocycles. The molecule has 0 unspecified atom stereocenters. The van der Waals surface area contributed by atoms with Gasteiger partial charge in [0.05, 0.1) is 6.54 Å². The van der Waals surface area contributed by atoms with Gasteiger partial charge in [0.15, 0.2) is 5.88 Å². The monoisotopic (exact) mass is 485 g/mol. The molecule has 0 aliphatic carbocycles. The summed E-state index contributed by atoms with van der Waals surface area (Å²) in [6.07, 6.45) is 1.83. The van der Waals surface area contributed by atoms with Crippen LogP contribution < -0.4 is 5.32 Å². The van der Waals surface area contributed by atoms with Gasteiger partial charge in [0, 0.05) is 33.6 Å². The third-order valence-corrected chi connectivity index (χ3v) is 5.43. The van der Waals surface area contributed by atoms with Crippen molar-refractivity contribution in [1.29, 1.82) is 0 Å². The predicted octanol–water partition coefficient (Wildman–Crippen LogP) is 5.40. The lowest BCUT2D eigenvalue weighted by Crippen LogP contribution is -2.15. The zero-order valence-electron chi connectivity index (χ0n) is 16.3. The van der Waals surface area contributed by atoms with Crippen molar-refractivity contribution in [3.05, 3.63) is 88.2 Å². The second kappa shape index (κ2) is 8.85. The smallest absolute Gasteiger partial charge is 0.225 e. The number of nitrogens with one attached hydrogen (secondary N) is 1. The number of amides is 1. The number of pyridine rings is 1. The van der Waals surface area contributed by atoms with Gasteiger partial charge in [-0.25, -0.2) is 13.8 Å². The van der Waals surface area contributed by atoms with E-state index in [0.717, 1.165) is 10.0 Å². The third-order valence-electron chi connectivity index (χ3n) is 4.96. The third kappa shape index (κ3) is 4.59. The summed E-state index contributed by atoms with van der Waals surface area (Å²) in [5.41, 5.74) is 1.23. The maximum Gasteiger partial charge on any atom is 0.225 e. The Morgan fingerprint density at radius 1 is 1.10 bits per heavy atom. The zero-order chi connectivity index (χ0) is 22.0. The number of anilines is 1. The van der Waals surface area contributed by atoms with E-state index in [2.05, 4.69) is 26.2 Å². The van der Waals surface area contributed by atoms with Gasteiger partial charge in [-0.2, -0.15) is 0 Å². The molecule has 5 nitrogen and oxygen atoms in total. The van der Waals surface area contributed by atoms with E-state index in [1.165, 1.54) is 24.3 Å². The fraction of sp³-hybridized carbons (Fsp3) is 0.130. The molecule has 1 amide bonds. The minimum Gasteiger partial charge on any atom is -0.494 e. The number of aromatic hydroxyl groups is 1. The van der Waals surface area contributed by atoms with E-state index in [1.54, 1.807) is 41.1 Å². The Kier molecular flexibility index (Phi) is 5.99.